The van der Waals surface area contributed by atoms with Gasteiger partial charge in [-0.25, -0.2) is 0 Å². The van der Waals surface area contributed by atoms with E-state index in [0.29, 0.717) is 25.1 Å². The number of nitrogens with one attached hydrogen (secondary N) is 2. The number of nitrogens with two attached hydrogens (primary N) is 2. The zero-order valence-corrected chi connectivity index (χ0v) is 15.6. The molecule has 1 heterocycles. The Bertz CT molecular complexity index is 697. The Kier molecular flexibility index (Phi) is 6.11. The fraction of sp³-hybridized carbons (Fsp3) is 0.550. The van der Waals surface area contributed by atoms with Gasteiger partial charge in [0, 0.05) is 18.7 Å². The Morgan fingerprint density at radius 2 is 1.81 bits per heavy atom. The van der Waals surface area contributed by atoms with Gasteiger partial charge >= 0.3 is 0 Å². The molecule has 7 nitrogen and oxygen atoms in total. The lowest BCUT2D eigenvalue weighted by Gasteiger charge is -2.42. The number of amides is 2. The van der Waals surface area contributed by atoms with Crippen LogP contribution in [0.15, 0.2) is 24.3 Å². The molecule has 1 aliphatic carbocycles. The topological polar surface area (TPSA) is 125 Å². The Hall–Kier alpha value is -2.41. The lowest BCUT2D eigenvalue weighted by atomic mass is 9.83. The molecule has 0 radical (unpaired) electrons. The molecule has 6 N–H and O–H groups in total. The van der Waals surface area contributed by atoms with Crippen molar-refractivity contribution in [1.29, 1.82) is 5.41 Å². The average Bonchev–Trinajstić information content (AvgIpc) is 2.65. The maximum atomic E-state index is 12.7. The van der Waals surface area contributed by atoms with Gasteiger partial charge in [0.2, 0.25) is 11.8 Å². The average molecular weight is 371 g/mol. The summed E-state index contributed by atoms with van der Waals surface area (Å²) in [7, 11) is 0. The van der Waals surface area contributed by atoms with E-state index < -0.39 is 12.1 Å². The van der Waals surface area contributed by atoms with Gasteiger partial charge in [-0.15, -0.1) is 0 Å². The number of nitrogen functional groups attached to an aromatic ring is 1. The maximum Gasteiger partial charge on any atom is 0.243 e. The second-order valence-electron chi connectivity index (χ2n) is 7.59. The first kappa shape index (κ1) is 19.4. The molecule has 2 atom stereocenters. The fourth-order valence-electron chi connectivity index (χ4n) is 3.92. The normalized spacial score (nSPS) is 21.2. The third-order valence-corrected chi connectivity index (χ3v) is 5.78. The van der Waals surface area contributed by atoms with Crippen molar-refractivity contribution in [1.82, 2.24) is 10.2 Å². The van der Waals surface area contributed by atoms with Crippen LogP contribution in [0.4, 0.5) is 0 Å². The number of amidine groups is 1. The lowest BCUT2D eigenvalue weighted by Crippen LogP contribution is -2.62. The van der Waals surface area contributed by atoms with Crippen LogP contribution in [0.3, 0.4) is 0 Å². The van der Waals surface area contributed by atoms with Crippen molar-refractivity contribution in [3.63, 3.8) is 0 Å². The van der Waals surface area contributed by atoms with Crippen LogP contribution < -0.4 is 16.8 Å². The summed E-state index contributed by atoms with van der Waals surface area (Å²) in [6, 6.07) is 6.28. The van der Waals surface area contributed by atoms with Gasteiger partial charge in [-0.1, -0.05) is 43.5 Å². The van der Waals surface area contributed by atoms with Crippen LogP contribution in [0.5, 0.6) is 0 Å². The van der Waals surface area contributed by atoms with Gasteiger partial charge in [-0.05, 0) is 30.7 Å². The van der Waals surface area contributed by atoms with Crippen molar-refractivity contribution < 1.29 is 9.59 Å². The zero-order valence-electron chi connectivity index (χ0n) is 15.6. The molecule has 27 heavy (non-hydrogen) atoms. The molecule has 2 amide bonds. The number of rotatable bonds is 6. The van der Waals surface area contributed by atoms with E-state index >= 15 is 0 Å². The van der Waals surface area contributed by atoms with Crippen molar-refractivity contribution in [2.75, 3.05) is 6.54 Å². The van der Waals surface area contributed by atoms with Crippen molar-refractivity contribution in [3.8, 4) is 0 Å². The minimum atomic E-state index is -0.486. The van der Waals surface area contributed by atoms with Crippen LogP contribution in [0.1, 0.15) is 49.7 Å². The van der Waals surface area contributed by atoms with Crippen LogP contribution in [0, 0.1) is 11.3 Å². The Balaban J connectivity index is 1.51. The van der Waals surface area contributed by atoms with Crippen LogP contribution in [0.25, 0.3) is 0 Å². The minimum absolute atomic E-state index is 0.0171. The zero-order chi connectivity index (χ0) is 19.4. The number of benzene rings is 1. The summed E-state index contributed by atoms with van der Waals surface area (Å²) in [4.78, 5) is 26.8. The Morgan fingerprint density at radius 1 is 1.15 bits per heavy atom. The molecular formula is C20H29N5O2. The maximum absolute atomic E-state index is 12.7. The van der Waals surface area contributed by atoms with Crippen LogP contribution in [0.2, 0.25) is 0 Å². The summed E-state index contributed by atoms with van der Waals surface area (Å²) in [6.07, 6.45) is 6.19. The Morgan fingerprint density at radius 3 is 2.37 bits per heavy atom. The molecule has 1 saturated carbocycles. The van der Waals surface area contributed by atoms with E-state index in [0.717, 1.165) is 31.2 Å². The molecule has 0 spiro atoms. The molecule has 2 fully saturated rings. The number of likely N-dealkylation sites (tertiary alicyclic amines) is 1. The highest BCUT2D eigenvalue weighted by molar-refractivity contribution is 5.95. The molecule has 0 bridgehead atoms. The molecule has 7 heteroatoms. The number of hydrogen-bond acceptors (Lipinski definition) is 4. The summed E-state index contributed by atoms with van der Waals surface area (Å²) < 4.78 is 0. The van der Waals surface area contributed by atoms with E-state index in [9.17, 15) is 9.59 Å². The Labute approximate surface area is 160 Å². The molecule has 0 aromatic heterocycles. The van der Waals surface area contributed by atoms with E-state index in [4.69, 9.17) is 16.9 Å². The van der Waals surface area contributed by atoms with Gasteiger partial charge in [-0.2, -0.15) is 0 Å². The van der Waals surface area contributed by atoms with Gasteiger partial charge < -0.3 is 21.7 Å². The van der Waals surface area contributed by atoms with Gasteiger partial charge in [0.15, 0.2) is 0 Å². The number of carbonyl (C=O) groups excluding carboxylic acids is 2. The molecule has 1 aliphatic heterocycles. The minimum Gasteiger partial charge on any atom is -0.384 e. The summed E-state index contributed by atoms with van der Waals surface area (Å²) in [5.41, 5.74) is 13.2. The molecule has 1 saturated heterocycles. The second kappa shape index (κ2) is 8.52. The van der Waals surface area contributed by atoms with Gasteiger partial charge in [0.25, 0.3) is 0 Å². The summed E-state index contributed by atoms with van der Waals surface area (Å²) in [6.45, 7) is 0.981. The van der Waals surface area contributed by atoms with Gasteiger partial charge in [0.05, 0.1) is 6.04 Å². The SMILES string of the molecule is N=C(N)c1ccc(CNC(=O)[C@@H]2CCN2C(=O)[C@H](N)C2CCCCC2)cc1. The van der Waals surface area contributed by atoms with Crippen LogP contribution in [-0.4, -0.2) is 41.2 Å². The fourth-order valence-corrected chi connectivity index (χ4v) is 3.92. The predicted octanol–water partition coefficient (Wildman–Crippen LogP) is 1.10. The molecule has 2 aliphatic rings. The monoisotopic (exact) mass is 371 g/mol. The van der Waals surface area contributed by atoms with E-state index in [2.05, 4.69) is 5.32 Å². The predicted molar refractivity (Wildman–Crippen MR) is 104 cm³/mol. The lowest BCUT2D eigenvalue weighted by molar-refractivity contribution is -0.149. The van der Waals surface area contributed by atoms with Crippen molar-refractivity contribution in [3.05, 3.63) is 35.4 Å². The first-order valence-corrected chi connectivity index (χ1v) is 9.74. The highest BCUT2D eigenvalue weighted by atomic mass is 16.2. The molecule has 146 valence electrons. The van der Waals surface area contributed by atoms with Crippen LogP contribution in [-0.2, 0) is 16.1 Å². The van der Waals surface area contributed by atoms with Gasteiger partial charge in [0.1, 0.15) is 11.9 Å². The standard InChI is InChI=1S/C20H29N5O2/c21-17(14-4-2-1-3-5-14)20(27)25-11-10-16(25)19(26)24-12-13-6-8-15(9-7-13)18(22)23/h6-9,14,16-17H,1-5,10-12,21H2,(H3,22,23)(H,24,26)/t16-,17+/m0/s1. The summed E-state index contributed by atoms with van der Waals surface area (Å²) in [5.74, 6) is 0.0408. The molecule has 1 aromatic rings. The van der Waals surface area contributed by atoms with Crippen molar-refractivity contribution >= 4 is 17.6 Å². The number of hydrogen-bond donors (Lipinski definition) is 4. The second-order valence-corrected chi connectivity index (χ2v) is 7.59. The first-order valence-electron chi connectivity index (χ1n) is 9.74. The van der Waals surface area contributed by atoms with E-state index in [1.165, 1.54) is 6.42 Å². The largest absolute Gasteiger partial charge is 0.384 e. The molecular weight excluding hydrogens is 342 g/mol. The van der Waals surface area contributed by atoms with Crippen LogP contribution >= 0.6 is 0 Å². The summed E-state index contributed by atoms with van der Waals surface area (Å²) in [5, 5.41) is 10.3. The first-order chi connectivity index (χ1) is 13.0. The highest BCUT2D eigenvalue weighted by Gasteiger charge is 2.41. The van der Waals surface area contributed by atoms with Gasteiger partial charge in [-0.3, -0.25) is 15.0 Å². The smallest absolute Gasteiger partial charge is 0.243 e. The van der Waals surface area contributed by atoms with Crippen molar-refractivity contribution in [2.45, 2.75) is 57.2 Å². The quantitative estimate of drug-likeness (QED) is 0.441. The third-order valence-electron chi connectivity index (χ3n) is 5.78. The molecule has 0 unspecified atom stereocenters. The number of nitrogens with zero attached hydrogens (tertiary/aromatic N) is 1. The van der Waals surface area contributed by atoms with E-state index in [1.54, 1.807) is 17.0 Å². The molecule has 1 aromatic carbocycles. The van der Waals surface area contributed by atoms with E-state index in [-0.39, 0.29) is 23.6 Å². The third kappa shape index (κ3) is 4.47. The highest BCUT2D eigenvalue weighted by Crippen LogP contribution is 2.28. The van der Waals surface area contributed by atoms with E-state index in [1.807, 2.05) is 12.1 Å². The van der Waals surface area contributed by atoms with Crippen molar-refractivity contribution in [2.24, 2.45) is 17.4 Å². The summed E-state index contributed by atoms with van der Waals surface area (Å²) >= 11 is 0. The molecule has 3 rings (SSSR count). The number of carbonyl (C=O) groups is 2.